The average Bonchev–Trinajstić information content (AvgIpc) is 3.33. The number of hydrogen-bond donors (Lipinski definition) is 1. The van der Waals surface area contributed by atoms with Crippen molar-refractivity contribution in [3.8, 4) is 5.75 Å². The minimum Gasteiger partial charge on any atom is -0.497 e. The first-order valence-corrected chi connectivity index (χ1v) is 12.6. The summed E-state index contributed by atoms with van der Waals surface area (Å²) in [5.74, 6) is 1.67. The SMILES string of the molecule is COc1ccc(C2C(C(=O)OCc3ccccc3)=C(C)Nc3nc(SCc4ccccc4)nn32)cc1. The molecule has 182 valence electrons. The van der Waals surface area contributed by atoms with Crippen molar-refractivity contribution in [1.29, 1.82) is 0 Å². The summed E-state index contributed by atoms with van der Waals surface area (Å²) in [6, 6.07) is 27.0. The Bertz CT molecular complexity index is 1370. The zero-order valence-electron chi connectivity index (χ0n) is 20.0. The first kappa shape index (κ1) is 23.7. The number of anilines is 1. The highest BCUT2D eigenvalue weighted by atomic mass is 32.2. The van der Waals surface area contributed by atoms with Gasteiger partial charge in [0.25, 0.3) is 0 Å². The molecule has 0 saturated carbocycles. The monoisotopic (exact) mass is 498 g/mol. The van der Waals surface area contributed by atoms with Gasteiger partial charge in [-0.25, -0.2) is 9.48 Å². The second-order valence-corrected chi connectivity index (χ2v) is 9.28. The number of nitrogens with zero attached hydrogens (tertiary/aromatic N) is 3. The van der Waals surface area contributed by atoms with Crippen molar-refractivity contribution >= 4 is 23.7 Å². The predicted molar refractivity (Wildman–Crippen MR) is 140 cm³/mol. The number of thioether (sulfide) groups is 1. The lowest BCUT2D eigenvalue weighted by atomic mass is 9.96. The molecule has 7 nitrogen and oxygen atoms in total. The molecule has 0 aliphatic carbocycles. The zero-order valence-corrected chi connectivity index (χ0v) is 20.9. The van der Waals surface area contributed by atoms with Crippen LogP contribution in [0, 0.1) is 0 Å². The molecule has 1 unspecified atom stereocenters. The van der Waals surface area contributed by atoms with Crippen LogP contribution in [0.2, 0.25) is 0 Å². The standard InChI is InChI=1S/C28H26N4O3S/c1-19-24(26(33)35-17-20-9-5-3-6-10-20)25(22-13-15-23(34-2)16-14-22)32-27(29-19)30-28(31-32)36-18-21-11-7-4-8-12-21/h3-16,25H,17-18H2,1-2H3,(H,29,30,31). The Morgan fingerprint density at radius 2 is 1.64 bits per heavy atom. The minimum atomic E-state index is -0.492. The Hall–Kier alpha value is -4.04. The van der Waals surface area contributed by atoms with Gasteiger partial charge in [-0.1, -0.05) is 84.6 Å². The van der Waals surface area contributed by atoms with Crippen LogP contribution >= 0.6 is 11.8 Å². The van der Waals surface area contributed by atoms with Gasteiger partial charge in [0.1, 0.15) is 18.4 Å². The fourth-order valence-corrected chi connectivity index (χ4v) is 4.86. The summed E-state index contributed by atoms with van der Waals surface area (Å²) in [7, 11) is 1.63. The molecule has 5 rings (SSSR count). The fourth-order valence-electron chi connectivity index (χ4n) is 4.07. The Balaban J connectivity index is 1.45. The maximum absolute atomic E-state index is 13.4. The van der Waals surface area contributed by atoms with E-state index in [1.807, 2.05) is 79.7 Å². The van der Waals surface area contributed by atoms with Gasteiger partial charge < -0.3 is 14.8 Å². The van der Waals surface area contributed by atoms with Gasteiger partial charge in [0, 0.05) is 11.4 Å². The largest absolute Gasteiger partial charge is 0.497 e. The van der Waals surface area contributed by atoms with E-state index in [1.165, 1.54) is 5.56 Å². The molecule has 1 aromatic heterocycles. The molecular weight excluding hydrogens is 472 g/mol. The van der Waals surface area contributed by atoms with Crippen molar-refractivity contribution in [2.24, 2.45) is 0 Å². The molecule has 3 aromatic carbocycles. The summed E-state index contributed by atoms with van der Waals surface area (Å²) >= 11 is 1.55. The van der Waals surface area contributed by atoms with Crippen LogP contribution < -0.4 is 10.1 Å². The second-order valence-electron chi connectivity index (χ2n) is 8.34. The van der Waals surface area contributed by atoms with Crippen molar-refractivity contribution < 1.29 is 14.3 Å². The average molecular weight is 499 g/mol. The van der Waals surface area contributed by atoms with E-state index in [-0.39, 0.29) is 6.61 Å². The van der Waals surface area contributed by atoms with Gasteiger partial charge in [0.05, 0.1) is 12.7 Å². The molecule has 0 fully saturated rings. The number of esters is 1. The molecule has 1 aliphatic rings. The third kappa shape index (κ3) is 5.13. The first-order valence-electron chi connectivity index (χ1n) is 11.6. The van der Waals surface area contributed by atoms with E-state index in [4.69, 9.17) is 19.6 Å². The van der Waals surface area contributed by atoms with Gasteiger partial charge in [-0.2, -0.15) is 4.98 Å². The summed E-state index contributed by atoms with van der Waals surface area (Å²) in [6.45, 7) is 2.05. The lowest BCUT2D eigenvalue weighted by Gasteiger charge is -2.28. The number of ether oxygens (including phenoxy) is 2. The number of allylic oxidation sites excluding steroid dienone is 1. The van der Waals surface area contributed by atoms with Crippen LogP contribution in [0.3, 0.4) is 0 Å². The second kappa shape index (κ2) is 10.7. The quantitative estimate of drug-likeness (QED) is 0.250. The Labute approximate surface area is 214 Å². The molecule has 1 aliphatic heterocycles. The van der Waals surface area contributed by atoms with Gasteiger partial charge in [-0.05, 0) is 35.7 Å². The van der Waals surface area contributed by atoms with Gasteiger partial charge in [-0.3, -0.25) is 0 Å². The molecule has 8 heteroatoms. The lowest BCUT2D eigenvalue weighted by molar-refractivity contribution is -0.140. The molecule has 4 aromatic rings. The summed E-state index contributed by atoms with van der Waals surface area (Å²) in [5.41, 5.74) is 4.18. The highest BCUT2D eigenvalue weighted by Crippen LogP contribution is 2.37. The topological polar surface area (TPSA) is 78.3 Å². The van der Waals surface area contributed by atoms with E-state index >= 15 is 0 Å². The number of methoxy groups -OCH3 is 1. The zero-order chi connectivity index (χ0) is 24.9. The summed E-state index contributed by atoms with van der Waals surface area (Å²) in [6.07, 6.45) is 0. The van der Waals surface area contributed by atoms with Crippen LogP contribution in [0.15, 0.2) is 101 Å². The number of fused-ring (bicyclic) bond motifs is 1. The number of hydrogen-bond acceptors (Lipinski definition) is 7. The summed E-state index contributed by atoms with van der Waals surface area (Å²) in [5, 5.41) is 8.68. The van der Waals surface area contributed by atoms with E-state index < -0.39 is 12.0 Å². The van der Waals surface area contributed by atoms with E-state index in [9.17, 15) is 4.79 Å². The number of benzene rings is 3. The maximum Gasteiger partial charge on any atom is 0.338 e. The Morgan fingerprint density at radius 3 is 2.31 bits per heavy atom. The van der Waals surface area contributed by atoms with Gasteiger partial charge >= 0.3 is 5.97 Å². The van der Waals surface area contributed by atoms with Crippen molar-refractivity contribution in [3.05, 3.63) is 113 Å². The highest BCUT2D eigenvalue weighted by molar-refractivity contribution is 7.98. The minimum absolute atomic E-state index is 0.189. The first-order chi connectivity index (χ1) is 17.6. The molecule has 0 saturated heterocycles. The van der Waals surface area contributed by atoms with Crippen LogP contribution in [0.5, 0.6) is 5.75 Å². The van der Waals surface area contributed by atoms with E-state index in [0.717, 1.165) is 22.6 Å². The number of nitrogens with one attached hydrogen (secondary N) is 1. The van der Waals surface area contributed by atoms with Crippen LogP contribution in [-0.2, 0) is 21.9 Å². The van der Waals surface area contributed by atoms with Crippen LogP contribution in [0.1, 0.15) is 29.7 Å². The van der Waals surface area contributed by atoms with Crippen LogP contribution in [0.4, 0.5) is 5.95 Å². The van der Waals surface area contributed by atoms with Crippen molar-refractivity contribution in [2.75, 3.05) is 12.4 Å². The molecule has 0 amide bonds. The maximum atomic E-state index is 13.4. The molecule has 1 atom stereocenters. The van der Waals surface area contributed by atoms with Crippen molar-refractivity contribution in [2.45, 2.75) is 30.5 Å². The summed E-state index contributed by atoms with van der Waals surface area (Å²) < 4.78 is 12.8. The van der Waals surface area contributed by atoms with E-state index in [0.29, 0.717) is 22.4 Å². The van der Waals surface area contributed by atoms with E-state index in [1.54, 1.807) is 23.6 Å². The Morgan fingerprint density at radius 1 is 0.972 bits per heavy atom. The molecule has 0 bridgehead atoms. The molecule has 1 N–H and O–H groups in total. The fraction of sp³-hybridized carbons (Fsp3) is 0.179. The Kier molecular flexibility index (Phi) is 7.04. The molecular formula is C28H26N4O3S. The third-order valence-electron chi connectivity index (χ3n) is 5.91. The smallest absolute Gasteiger partial charge is 0.338 e. The van der Waals surface area contributed by atoms with Crippen LogP contribution in [-0.4, -0.2) is 27.8 Å². The summed E-state index contributed by atoms with van der Waals surface area (Å²) in [4.78, 5) is 18.1. The normalized spacial score (nSPS) is 14.7. The van der Waals surface area contributed by atoms with Gasteiger partial charge in [0.15, 0.2) is 0 Å². The van der Waals surface area contributed by atoms with Gasteiger partial charge in [-0.15, -0.1) is 5.10 Å². The number of aromatic nitrogens is 3. The lowest BCUT2D eigenvalue weighted by Crippen LogP contribution is -2.29. The molecule has 0 radical (unpaired) electrons. The highest BCUT2D eigenvalue weighted by Gasteiger charge is 2.35. The van der Waals surface area contributed by atoms with E-state index in [2.05, 4.69) is 17.4 Å². The molecule has 2 heterocycles. The number of carbonyl (C=O) groups excluding carboxylic acids is 1. The van der Waals surface area contributed by atoms with Crippen molar-refractivity contribution in [3.63, 3.8) is 0 Å². The van der Waals surface area contributed by atoms with Crippen LogP contribution in [0.25, 0.3) is 0 Å². The third-order valence-corrected chi connectivity index (χ3v) is 6.82. The predicted octanol–water partition coefficient (Wildman–Crippen LogP) is 5.61. The number of carbonyl (C=O) groups is 1. The van der Waals surface area contributed by atoms with Gasteiger partial charge in [0.2, 0.25) is 11.1 Å². The molecule has 0 spiro atoms. The number of rotatable bonds is 8. The molecule has 36 heavy (non-hydrogen) atoms. The van der Waals surface area contributed by atoms with Crippen molar-refractivity contribution in [1.82, 2.24) is 14.8 Å².